The zero-order valence-electron chi connectivity index (χ0n) is 14.4. The molecule has 0 aliphatic heterocycles. The Labute approximate surface area is 147 Å². The standard InChI is InChI=1S/C16H16O10/c1-23-13(19)7-5-6(9(11(7)17)15(21)25-3)10(16(22)26-4)12(18)8(5)14(20)24-2/h5,7-8,17H,1-4H3/t5-,7-,8-/m1/s1. The average molecular weight is 368 g/mol. The molecule has 0 fully saturated rings. The van der Waals surface area contributed by atoms with Crippen molar-refractivity contribution < 1.29 is 48.0 Å². The first kappa shape index (κ1) is 19.2. The summed E-state index contributed by atoms with van der Waals surface area (Å²) in [4.78, 5) is 61.2. The second-order valence-corrected chi connectivity index (χ2v) is 5.42. The fourth-order valence-corrected chi connectivity index (χ4v) is 3.29. The van der Waals surface area contributed by atoms with Gasteiger partial charge in [0.1, 0.15) is 28.7 Å². The van der Waals surface area contributed by atoms with E-state index >= 15 is 0 Å². The molecule has 26 heavy (non-hydrogen) atoms. The van der Waals surface area contributed by atoms with Crippen LogP contribution in [0, 0.1) is 17.8 Å². The summed E-state index contributed by atoms with van der Waals surface area (Å²) in [6.07, 6.45) is 0. The van der Waals surface area contributed by atoms with Gasteiger partial charge in [0.25, 0.3) is 0 Å². The van der Waals surface area contributed by atoms with Crippen molar-refractivity contribution in [1.82, 2.24) is 0 Å². The van der Waals surface area contributed by atoms with E-state index in [4.69, 9.17) is 0 Å². The van der Waals surface area contributed by atoms with E-state index in [2.05, 4.69) is 18.9 Å². The number of carbonyl (C=O) groups excluding carboxylic acids is 5. The van der Waals surface area contributed by atoms with Gasteiger partial charge in [0.05, 0.1) is 28.4 Å². The zero-order chi connectivity index (χ0) is 19.8. The van der Waals surface area contributed by atoms with Crippen LogP contribution in [-0.4, -0.2) is 63.2 Å². The molecular formula is C16H16O10. The number of Topliss-reactive ketones (excluding diaryl/α,β-unsaturated/α-hetero) is 1. The van der Waals surface area contributed by atoms with E-state index in [0.29, 0.717) is 0 Å². The molecule has 0 aromatic rings. The van der Waals surface area contributed by atoms with E-state index in [9.17, 15) is 29.1 Å². The first-order valence-corrected chi connectivity index (χ1v) is 7.30. The maximum Gasteiger partial charge on any atom is 0.341 e. The van der Waals surface area contributed by atoms with Crippen molar-refractivity contribution in [2.45, 2.75) is 0 Å². The van der Waals surface area contributed by atoms with Crippen molar-refractivity contribution in [2.24, 2.45) is 17.8 Å². The van der Waals surface area contributed by atoms with E-state index in [1.165, 1.54) is 0 Å². The van der Waals surface area contributed by atoms with Gasteiger partial charge in [0.15, 0.2) is 5.78 Å². The topological polar surface area (TPSA) is 142 Å². The summed E-state index contributed by atoms with van der Waals surface area (Å²) in [5.74, 6) is -10.5. The Balaban J connectivity index is 2.82. The SMILES string of the molecule is COC(=O)C1=C(O)[C@H](C(=O)OC)[C@H]2C1=C(C(=O)OC)C(=O)[C@@H]2C(=O)OC. The maximum absolute atomic E-state index is 12.7. The predicted molar refractivity (Wildman–Crippen MR) is 80.2 cm³/mol. The summed E-state index contributed by atoms with van der Waals surface area (Å²) in [5, 5.41) is 10.4. The lowest BCUT2D eigenvalue weighted by molar-refractivity contribution is -0.153. The third-order valence-electron chi connectivity index (χ3n) is 4.36. The highest BCUT2D eigenvalue weighted by molar-refractivity contribution is 6.27. The highest BCUT2D eigenvalue weighted by Crippen LogP contribution is 2.52. The molecule has 0 saturated heterocycles. The molecule has 140 valence electrons. The van der Waals surface area contributed by atoms with Gasteiger partial charge in [-0.3, -0.25) is 14.4 Å². The molecule has 0 heterocycles. The summed E-state index contributed by atoms with van der Waals surface area (Å²) in [6.45, 7) is 0. The lowest BCUT2D eigenvalue weighted by Gasteiger charge is -2.20. The van der Waals surface area contributed by atoms with Crippen LogP contribution >= 0.6 is 0 Å². The third-order valence-corrected chi connectivity index (χ3v) is 4.36. The van der Waals surface area contributed by atoms with Crippen molar-refractivity contribution in [3.05, 3.63) is 22.5 Å². The smallest absolute Gasteiger partial charge is 0.341 e. The van der Waals surface area contributed by atoms with Crippen molar-refractivity contribution >= 4 is 29.7 Å². The van der Waals surface area contributed by atoms with Crippen LogP contribution in [0.3, 0.4) is 0 Å². The van der Waals surface area contributed by atoms with Gasteiger partial charge in [-0.1, -0.05) is 0 Å². The molecule has 0 aromatic carbocycles. The molecule has 0 spiro atoms. The molecule has 2 aliphatic rings. The average Bonchev–Trinajstić information content (AvgIpc) is 3.08. The van der Waals surface area contributed by atoms with Gasteiger partial charge >= 0.3 is 23.9 Å². The Kier molecular flexibility index (Phi) is 5.15. The van der Waals surface area contributed by atoms with E-state index < -0.39 is 64.3 Å². The molecule has 0 radical (unpaired) electrons. The molecule has 2 rings (SSSR count). The molecule has 0 bridgehead atoms. The monoisotopic (exact) mass is 368 g/mol. The number of fused-ring (bicyclic) bond motifs is 1. The van der Waals surface area contributed by atoms with Crippen molar-refractivity contribution in [1.29, 1.82) is 0 Å². The minimum Gasteiger partial charge on any atom is -0.510 e. The first-order chi connectivity index (χ1) is 12.3. The number of aliphatic hydroxyl groups excluding tert-OH is 1. The van der Waals surface area contributed by atoms with Crippen molar-refractivity contribution in [3.8, 4) is 0 Å². The number of rotatable bonds is 4. The quantitative estimate of drug-likeness (QED) is 0.291. The van der Waals surface area contributed by atoms with Crippen LogP contribution < -0.4 is 0 Å². The highest BCUT2D eigenvalue weighted by Gasteiger charge is 2.61. The number of esters is 4. The van der Waals surface area contributed by atoms with Gasteiger partial charge in [-0.25, -0.2) is 9.59 Å². The van der Waals surface area contributed by atoms with Crippen LogP contribution in [0.25, 0.3) is 0 Å². The number of ketones is 1. The largest absolute Gasteiger partial charge is 0.510 e. The van der Waals surface area contributed by atoms with Crippen LogP contribution in [0.1, 0.15) is 0 Å². The number of carbonyl (C=O) groups is 5. The van der Waals surface area contributed by atoms with Crippen LogP contribution in [0.4, 0.5) is 0 Å². The number of methoxy groups -OCH3 is 4. The molecule has 3 atom stereocenters. The van der Waals surface area contributed by atoms with E-state index in [1.807, 2.05) is 0 Å². The Morgan fingerprint density at radius 2 is 1.23 bits per heavy atom. The van der Waals surface area contributed by atoms with Crippen molar-refractivity contribution in [2.75, 3.05) is 28.4 Å². The Morgan fingerprint density at radius 1 is 0.769 bits per heavy atom. The van der Waals surface area contributed by atoms with Crippen LogP contribution in [0.5, 0.6) is 0 Å². The summed E-state index contributed by atoms with van der Waals surface area (Å²) in [7, 11) is 4.05. The van der Waals surface area contributed by atoms with Gasteiger partial charge in [0.2, 0.25) is 0 Å². The minimum absolute atomic E-state index is 0.294. The predicted octanol–water partition coefficient (Wildman–Crippen LogP) is -0.768. The Bertz CT molecular complexity index is 772. The number of aliphatic hydroxyl groups is 1. The summed E-state index contributed by atoms with van der Waals surface area (Å²) >= 11 is 0. The van der Waals surface area contributed by atoms with Gasteiger partial charge in [-0.05, 0) is 5.57 Å². The fraction of sp³-hybridized carbons (Fsp3) is 0.438. The number of ether oxygens (including phenoxy) is 4. The second kappa shape index (κ2) is 6.98. The lowest BCUT2D eigenvalue weighted by Crippen LogP contribution is -2.35. The molecule has 0 amide bonds. The third kappa shape index (κ3) is 2.54. The lowest BCUT2D eigenvalue weighted by atomic mass is 9.83. The molecule has 1 N–H and O–H groups in total. The highest BCUT2D eigenvalue weighted by atomic mass is 16.5. The number of hydrogen-bond acceptors (Lipinski definition) is 10. The fourth-order valence-electron chi connectivity index (χ4n) is 3.29. The summed E-state index contributed by atoms with van der Waals surface area (Å²) in [6, 6.07) is 0. The molecule has 2 aliphatic carbocycles. The molecule has 0 saturated carbocycles. The molecule has 0 unspecified atom stereocenters. The van der Waals surface area contributed by atoms with Crippen molar-refractivity contribution in [3.63, 3.8) is 0 Å². The summed E-state index contributed by atoms with van der Waals surface area (Å²) in [5.41, 5.74) is -1.46. The van der Waals surface area contributed by atoms with E-state index in [-0.39, 0.29) is 5.57 Å². The zero-order valence-corrected chi connectivity index (χ0v) is 14.4. The molecule has 10 heteroatoms. The first-order valence-electron chi connectivity index (χ1n) is 7.30. The Hall–Kier alpha value is -3.17. The molecular weight excluding hydrogens is 352 g/mol. The van der Waals surface area contributed by atoms with E-state index in [1.54, 1.807) is 0 Å². The van der Waals surface area contributed by atoms with Gasteiger partial charge in [-0.2, -0.15) is 0 Å². The van der Waals surface area contributed by atoms with Crippen LogP contribution in [0.2, 0.25) is 0 Å². The van der Waals surface area contributed by atoms with Gasteiger partial charge in [0, 0.05) is 5.92 Å². The second-order valence-electron chi connectivity index (χ2n) is 5.42. The number of hydrogen-bond donors (Lipinski definition) is 1. The Morgan fingerprint density at radius 3 is 1.69 bits per heavy atom. The van der Waals surface area contributed by atoms with E-state index in [0.717, 1.165) is 28.4 Å². The van der Waals surface area contributed by atoms with Gasteiger partial charge in [-0.15, -0.1) is 0 Å². The maximum atomic E-state index is 12.7. The normalized spacial score (nSPS) is 24.3. The summed E-state index contributed by atoms with van der Waals surface area (Å²) < 4.78 is 18.3. The molecule has 0 aromatic heterocycles. The minimum atomic E-state index is -1.63. The molecule has 10 nitrogen and oxygen atoms in total. The van der Waals surface area contributed by atoms with Gasteiger partial charge < -0.3 is 24.1 Å². The van der Waals surface area contributed by atoms with Crippen LogP contribution in [-0.2, 0) is 42.9 Å². The van der Waals surface area contributed by atoms with Crippen LogP contribution in [0.15, 0.2) is 22.5 Å².